The Kier molecular flexibility index (Phi) is 5.22. The Morgan fingerprint density at radius 3 is 2.71 bits per heavy atom. The van der Waals surface area contributed by atoms with Crippen LogP contribution in [0, 0.1) is 0 Å². The lowest BCUT2D eigenvalue weighted by molar-refractivity contribution is -0.132. The van der Waals surface area contributed by atoms with Crippen LogP contribution in [0.4, 0.5) is 0 Å². The van der Waals surface area contributed by atoms with Gasteiger partial charge in [-0.05, 0) is 31.1 Å². The van der Waals surface area contributed by atoms with Crippen molar-refractivity contribution in [1.29, 1.82) is 0 Å². The molecule has 112 valence electrons. The maximum absolute atomic E-state index is 11.9. The van der Waals surface area contributed by atoms with Crippen molar-refractivity contribution in [3.63, 3.8) is 0 Å². The Bertz CT molecular complexity index is 565. The van der Waals surface area contributed by atoms with Crippen molar-refractivity contribution < 1.29 is 19.4 Å². The number of halogens is 1. The topological polar surface area (TPSA) is 66.8 Å². The number of benzene rings is 1. The summed E-state index contributed by atoms with van der Waals surface area (Å²) >= 11 is 6.04. The van der Waals surface area contributed by atoms with Crippen molar-refractivity contribution in [1.82, 2.24) is 4.90 Å². The second-order valence-electron chi connectivity index (χ2n) is 4.70. The lowest BCUT2D eigenvalue weighted by atomic mass is 10.2. The molecule has 1 heterocycles. The second-order valence-corrected chi connectivity index (χ2v) is 5.11. The first-order chi connectivity index (χ1) is 10.1. The van der Waals surface area contributed by atoms with Crippen molar-refractivity contribution in [2.75, 3.05) is 19.7 Å². The minimum absolute atomic E-state index is 0.0689. The highest BCUT2D eigenvalue weighted by atomic mass is 35.5. The van der Waals surface area contributed by atoms with E-state index in [-0.39, 0.29) is 12.5 Å². The largest absolute Gasteiger partial charge is 0.483 e. The quantitative estimate of drug-likeness (QED) is 0.848. The Morgan fingerprint density at radius 1 is 1.33 bits per heavy atom. The molecule has 5 nitrogen and oxygen atoms in total. The molecule has 6 heteroatoms. The number of carbonyl (C=O) groups is 2. The Morgan fingerprint density at radius 2 is 2.05 bits per heavy atom. The van der Waals surface area contributed by atoms with E-state index in [1.54, 1.807) is 23.1 Å². The zero-order chi connectivity index (χ0) is 15.2. The monoisotopic (exact) mass is 309 g/mol. The van der Waals surface area contributed by atoms with Crippen LogP contribution < -0.4 is 4.74 Å². The smallest absolute Gasteiger partial charge is 0.328 e. The third-order valence-corrected chi connectivity index (χ3v) is 3.54. The predicted octanol–water partition coefficient (Wildman–Crippen LogP) is 2.44. The molecule has 1 aromatic rings. The second kappa shape index (κ2) is 7.13. The SMILES string of the molecule is O=C(O)/C=C/c1c(Cl)cccc1OCC(=O)N1CCCC1. The zero-order valence-electron chi connectivity index (χ0n) is 11.4. The van der Waals surface area contributed by atoms with E-state index >= 15 is 0 Å². The van der Waals surface area contributed by atoms with Gasteiger partial charge in [0, 0.05) is 24.7 Å². The number of carboxylic acid groups (broad SMARTS) is 1. The molecule has 1 amide bonds. The summed E-state index contributed by atoms with van der Waals surface area (Å²) < 4.78 is 5.50. The van der Waals surface area contributed by atoms with Crippen molar-refractivity contribution >= 4 is 29.6 Å². The number of carboxylic acids is 1. The number of amides is 1. The van der Waals surface area contributed by atoms with E-state index in [0.717, 1.165) is 32.0 Å². The molecule has 0 unspecified atom stereocenters. The number of likely N-dealkylation sites (tertiary alicyclic amines) is 1. The van der Waals surface area contributed by atoms with Gasteiger partial charge in [-0.25, -0.2) is 4.79 Å². The van der Waals surface area contributed by atoms with Gasteiger partial charge >= 0.3 is 5.97 Å². The van der Waals surface area contributed by atoms with Crippen LogP contribution in [0.3, 0.4) is 0 Å². The summed E-state index contributed by atoms with van der Waals surface area (Å²) in [5.74, 6) is -0.748. The summed E-state index contributed by atoms with van der Waals surface area (Å²) in [5.41, 5.74) is 0.454. The van der Waals surface area contributed by atoms with Crippen LogP contribution in [-0.4, -0.2) is 41.6 Å². The number of aliphatic carboxylic acids is 1. The summed E-state index contributed by atoms with van der Waals surface area (Å²) in [4.78, 5) is 24.3. The van der Waals surface area contributed by atoms with E-state index in [1.165, 1.54) is 6.08 Å². The van der Waals surface area contributed by atoms with Crippen LogP contribution in [-0.2, 0) is 9.59 Å². The normalized spacial score (nSPS) is 14.6. The summed E-state index contributed by atoms with van der Waals surface area (Å²) in [6.45, 7) is 1.46. The van der Waals surface area contributed by atoms with E-state index in [2.05, 4.69) is 0 Å². The fourth-order valence-electron chi connectivity index (χ4n) is 2.16. The molecule has 1 aliphatic heterocycles. The number of nitrogens with zero attached hydrogens (tertiary/aromatic N) is 1. The molecule has 1 fully saturated rings. The molecule has 2 rings (SSSR count). The lowest BCUT2D eigenvalue weighted by Gasteiger charge is -2.16. The summed E-state index contributed by atoms with van der Waals surface area (Å²) in [5, 5.41) is 9.06. The van der Waals surface area contributed by atoms with Gasteiger partial charge in [-0.2, -0.15) is 0 Å². The first-order valence-corrected chi connectivity index (χ1v) is 7.06. The van der Waals surface area contributed by atoms with E-state index in [4.69, 9.17) is 21.4 Å². The summed E-state index contributed by atoms with van der Waals surface area (Å²) in [6, 6.07) is 4.99. The average Bonchev–Trinajstić information content (AvgIpc) is 2.97. The summed E-state index contributed by atoms with van der Waals surface area (Å²) in [6.07, 6.45) is 4.39. The van der Waals surface area contributed by atoms with E-state index in [9.17, 15) is 9.59 Å². The van der Waals surface area contributed by atoms with Crippen LogP contribution in [0.15, 0.2) is 24.3 Å². The van der Waals surface area contributed by atoms with Crippen LogP contribution in [0.2, 0.25) is 5.02 Å². The number of hydrogen-bond donors (Lipinski definition) is 1. The highest BCUT2D eigenvalue weighted by Crippen LogP contribution is 2.28. The molecule has 1 saturated heterocycles. The summed E-state index contributed by atoms with van der Waals surface area (Å²) in [7, 11) is 0. The minimum Gasteiger partial charge on any atom is -0.483 e. The highest BCUT2D eigenvalue weighted by molar-refractivity contribution is 6.32. The van der Waals surface area contributed by atoms with Gasteiger partial charge in [-0.1, -0.05) is 17.7 Å². The Hall–Kier alpha value is -2.01. The van der Waals surface area contributed by atoms with Gasteiger partial charge < -0.3 is 14.7 Å². The fourth-order valence-corrected chi connectivity index (χ4v) is 2.39. The first kappa shape index (κ1) is 15.4. The van der Waals surface area contributed by atoms with Gasteiger partial charge in [0.05, 0.1) is 5.02 Å². The first-order valence-electron chi connectivity index (χ1n) is 6.68. The molecular weight excluding hydrogens is 294 g/mol. The van der Waals surface area contributed by atoms with Gasteiger partial charge in [0.2, 0.25) is 0 Å². The number of hydrogen-bond acceptors (Lipinski definition) is 3. The van der Waals surface area contributed by atoms with Crippen molar-refractivity contribution in [2.24, 2.45) is 0 Å². The van der Waals surface area contributed by atoms with Crippen molar-refractivity contribution in [3.8, 4) is 5.75 Å². The van der Waals surface area contributed by atoms with Gasteiger partial charge in [0.25, 0.3) is 5.91 Å². The zero-order valence-corrected chi connectivity index (χ0v) is 12.2. The average molecular weight is 310 g/mol. The van der Waals surface area contributed by atoms with Gasteiger partial charge in [0.1, 0.15) is 5.75 Å². The van der Waals surface area contributed by atoms with Crippen LogP contribution in [0.25, 0.3) is 6.08 Å². The number of rotatable bonds is 5. The van der Waals surface area contributed by atoms with Crippen LogP contribution >= 0.6 is 11.6 Å². The molecule has 0 radical (unpaired) electrons. The molecule has 0 atom stereocenters. The standard InChI is InChI=1S/C15H16ClNO4/c16-12-4-3-5-13(11(12)6-7-15(19)20)21-10-14(18)17-8-1-2-9-17/h3-7H,1-2,8-10H2,(H,19,20)/b7-6+. The predicted molar refractivity (Wildman–Crippen MR) is 79.4 cm³/mol. The van der Waals surface area contributed by atoms with E-state index in [0.29, 0.717) is 16.3 Å². The van der Waals surface area contributed by atoms with Crippen LogP contribution in [0.5, 0.6) is 5.75 Å². The minimum atomic E-state index is -1.07. The van der Waals surface area contributed by atoms with Crippen LogP contribution in [0.1, 0.15) is 18.4 Å². The number of carbonyl (C=O) groups excluding carboxylic acids is 1. The highest BCUT2D eigenvalue weighted by Gasteiger charge is 2.18. The molecule has 0 spiro atoms. The molecule has 0 bridgehead atoms. The molecule has 1 aromatic carbocycles. The molecule has 0 saturated carbocycles. The molecule has 1 aliphatic rings. The van der Waals surface area contributed by atoms with Crippen molar-refractivity contribution in [3.05, 3.63) is 34.9 Å². The molecule has 1 N–H and O–H groups in total. The molecule has 21 heavy (non-hydrogen) atoms. The molecular formula is C15H16ClNO4. The van der Waals surface area contributed by atoms with E-state index in [1.807, 2.05) is 0 Å². The molecule has 0 aliphatic carbocycles. The lowest BCUT2D eigenvalue weighted by Crippen LogP contribution is -2.32. The Labute approximate surface area is 127 Å². The van der Waals surface area contributed by atoms with Gasteiger partial charge in [-0.15, -0.1) is 0 Å². The number of ether oxygens (including phenoxy) is 1. The Balaban J connectivity index is 2.06. The van der Waals surface area contributed by atoms with Gasteiger partial charge in [0.15, 0.2) is 6.61 Å². The fraction of sp³-hybridized carbons (Fsp3) is 0.333. The maximum atomic E-state index is 11.9. The third-order valence-electron chi connectivity index (χ3n) is 3.22. The molecule has 0 aromatic heterocycles. The van der Waals surface area contributed by atoms with Crippen molar-refractivity contribution in [2.45, 2.75) is 12.8 Å². The van der Waals surface area contributed by atoms with E-state index < -0.39 is 5.97 Å². The third kappa shape index (κ3) is 4.23. The van der Waals surface area contributed by atoms with Gasteiger partial charge in [-0.3, -0.25) is 4.79 Å². The maximum Gasteiger partial charge on any atom is 0.328 e.